The Morgan fingerprint density at radius 3 is 3.00 bits per heavy atom. The average molecular weight is 240 g/mol. The lowest BCUT2D eigenvalue weighted by molar-refractivity contribution is 0.127. The van der Waals surface area contributed by atoms with Crippen LogP contribution in [-0.4, -0.2) is 30.1 Å². The molecule has 2 rings (SSSR count). The van der Waals surface area contributed by atoms with Crippen LogP contribution in [0.2, 0.25) is 0 Å². The summed E-state index contributed by atoms with van der Waals surface area (Å²) in [6, 6.07) is 3.75. The monoisotopic (exact) mass is 240 g/mol. The highest BCUT2D eigenvalue weighted by Crippen LogP contribution is 2.33. The first-order chi connectivity index (χ1) is 7.70. The summed E-state index contributed by atoms with van der Waals surface area (Å²) < 4.78 is 10.6. The van der Waals surface area contributed by atoms with Gasteiger partial charge in [-0.3, -0.25) is 0 Å². The fourth-order valence-electron chi connectivity index (χ4n) is 1.69. The van der Waals surface area contributed by atoms with E-state index >= 15 is 0 Å². The highest BCUT2D eigenvalue weighted by Gasteiger charge is 2.25. The lowest BCUT2D eigenvalue weighted by Gasteiger charge is -2.13. The van der Waals surface area contributed by atoms with Gasteiger partial charge in [-0.15, -0.1) is 11.8 Å². The molecule has 5 heteroatoms. The summed E-state index contributed by atoms with van der Waals surface area (Å²) in [5.41, 5.74) is 6.29. The van der Waals surface area contributed by atoms with Gasteiger partial charge in [0.1, 0.15) is 5.03 Å². The van der Waals surface area contributed by atoms with E-state index in [1.54, 1.807) is 18.9 Å². The normalized spacial score (nSPS) is 24.6. The molecule has 0 amide bonds. The molecule has 1 aliphatic rings. The summed E-state index contributed by atoms with van der Waals surface area (Å²) in [6.07, 6.45) is 1.36. The number of thioether (sulfide) groups is 1. The number of anilines is 1. The van der Waals surface area contributed by atoms with E-state index in [9.17, 15) is 0 Å². The van der Waals surface area contributed by atoms with Gasteiger partial charge in [0.15, 0.2) is 0 Å². The van der Waals surface area contributed by atoms with Gasteiger partial charge in [-0.05, 0) is 25.5 Å². The molecular weight excluding hydrogens is 224 g/mol. The Balaban J connectivity index is 2.09. The fourth-order valence-corrected chi connectivity index (χ4v) is 2.76. The minimum absolute atomic E-state index is 0.287. The van der Waals surface area contributed by atoms with Crippen LogP contribution in [-0.2, 0) is 4.74 Å². The van der Waals surface area contributed by atoms with Crippen molar-refractivity contribution >= 4 is 17.4 Å². The largest absolute Gasteiger partial charge is 0.480 e. The molecule has 1 fully saturated rings. The second-order valence-corrected chi connectivity index (χ2v) is 5.03. The first kappa shape index (κ1) is 11.5. The Kier molecular flexibility index (Phi) is 3.56. The molecule has 2 heterocycles. The standard InChI is InChI=1S/C11H16N2O2S/c1-7-9(5-6-15-7)16-10-4-3-8(12)11(13-10)14-2/h3-4,7,9H,5-6,12H2,1-2H3. The number of pyridine rings is 1. The minimum Gasteiger partial charge on any atom is -0.480 e. The van der Waals surface area contributed by atoms with Gasteiger partial charge in [0.05, 0.1) is 18.9 Å². The van der Waals surface area contributed by atoms with Crippen LogP contribution >= 0.6 is 11.8 Å². The van der Waals surface area contributed by atoms with Crippen LogP contribution in [0, 0.1) is 0 Å². The molecule has 2 atom stereocenters. The molecule has 0 spiro atoms. The molecule has 88 valence electrons. The third-order valence-electron chi connectivity index (χ3n) is 2.64. The Bertz CT molecular complexity index is 373. The SMILES string of the molecule is COc1nc(SC2CCOC2C)ccc1N. The van der Waals surface area contributed by atoms with Crippen molar-refractivity contribution in [3.05, 3.63) is 12.1 Å². The number of aromatic nitrogens is 1. The smallest absolute Gasteiger partial charge is 0.237 e. The molecule has 0 radical (unpaired) electrons. The average Bonchev–Trinajstić information content (AvgIpc) is 2.67. The van der Waals surface area contributed by atoms with Gasteiger partial charge >= 0.3 is 0 Å². The highest BCUT2D eigenvalue weighted by molar-refractivity contribution is 7.99. The van der Waals surface area contributed by atoms with E-state index in [4.69, 9.17) is 15.2 Å². The number of hydrogen-bond acceptors (Lipinski definition) is 5. The van der Waals surface area contributed by atoms with Crippen molar-refractivity contribution in [2.24, 2.45) is 0 Å². The third-order valence-corrected chi connectivity index (χ3v) is 4.03. The Morgan fingerprint density at radius 1 is 1.56 bits per heavy atom. The van der Waals surface area contributed by atoms with E-state index in [0.717, 1.165) is 18.1 Å². The predicted molar refractivity (Wildman–Crippen MR) is 64.9 cm³/mol. The maximum atomic E-state index is 5.71. The van der Waals surface area contributed by atoms with Gasteiger partial charge in [0.2, 0.25) is 5.88 Å². The Morgan fingerprint density at radius 2 is 2.38 bits per heavy atom. The van der Waals surface area contributed by atoms with Crippen LogP contribution in [0.25, 0.3) is 0 Å². The zero-order chi connectivity index (χ0) is 11.5. The second-order valence-electron chi connectivity index (χ2n) is 3.77. The topological polar surface area (TPSA) is 57.4 Å². The van der Waals surface area contributed by atoms with Crippen LogP contribution in [0.1, 0.15) is 13.3 Å². The molecule has 1 aromatic rings. The van der Waals surface area contributed by atoms with Crippen molar-refractivity contribution in [1.29, 1.82) is 0 Å². The van der Waals surface area contributed by atoms with E-state index in [0.29, 0.717) is 16.8 Å². The second kappa shape index (κ2) is 4.93. The molecule has 1 aromatic heterocycles. The van der Waals surface area contributed by atoms with Gasteiger partial charge < -0.3 is 15.2 Å². The van der Waals surface area contributed by atoms with Crippen molar-refractivity contribution in [2.45, 2.75) is 29.7 Å². The Labute approximate surface area is 99.5 Å². The third kappa shape index (κ3) is 2.41. The summed E-state index contributed by atoms with van der Waals surface area (Å²) in [7, 11) is 1.58. The van der Waals surface area contributed by atoms with Crippen molar-refractivity contribution in [3.8, 4) is 5.88 Å². The maximum absolute atomic E-state index is 5.71. The van der Waals surface area contributed by atoms with Crippen LogP contribution in [0.15, 0.2) is 17.2 Å². The lowest BCUT2D eigenvalue weighted by atomic mass is 10.3. The Hall–Kier alpha value is -0.940. The number of hydrogen-bond donors (Lipinski definition) is 1. The van der Waals surface area contributed by atoms with Crippen molar-refractivity contribution < 1.29 is 9.47 Å². The summed E-state index contributed by atoms with van der Waals surface area (Å²) >= 11 is 1.73. The zero-order valence-corrected chi connectivity index (χ0v) is 10.3. The molecule has 1 saturated heterocycles. The fraction of sp³-hybridized carbons (Fsp3) is 0.545. The van der Waals surface area contributed by atoms with Crippen LogP contribution < -0.4 is 10.5 Å². The number of ether oxygens (including phenoxy) is 2. The van der Waals surface area contributed by atoms with Gasteiger partial charge in [0, 0.05) is 11.9 Å². The van der Waals surface area contributed by atoms with Crippen LogP contribution in [0.4, 0.5) is 5.69 Å². The van der Waals surface area contributed by atoms with E-state index in [1.165, 1.54) is 0 Å². The van der Waals surface area contributed by atoms with Gasteiger partial charge in [-0.1, -0.05) is 0 Å². The first-order valence-corrected chi connectivity index (χ1v) is 6.17. The van der Waals surface area contributed by atoms with E-state index in [2.05, 4.69) is 11.9 Å². The molecule has 4 nitrogen and oxygen atoms in total. The molecule has 0 aliphatic carbocycles. The van der Waals surface area contributed by atoms with Crippen molar-refractivity contribution in [2.75, 3.05) is 19.5 Å². The number of nitrogen functional groups attached to an aromatic ring is 1. The number of methoxy groups -OCH3 is 1. The lowest BCUT2D eigenvalue weighted by Crippen LogP contribution is -2.13. The zero-order valence-electron chi connectivity index (χ0n) is 9.47. The number of rotatable bonds is 3. The molecule has 0 bridgehead atoms. The van der Waals surface area contributed by atoms with Crippen molar-refractivity contribution in [3.63, 3.8) is 0 Å². The predicted octanol–water partition coefficient (Wildman–Crippen LogP) is 1.94. The molecule has 0 saturated carbocycles. The van der Waals surface area contributed by atoms with Crippen LogP contribution in [0.3, 0.4) is 0 Å². The molecular formula is C11H16N2O2S. The summed E-state index contributed by atoms with van der Waals surface area (Å²) in [6.45, 7) is 2.93. The summed E-state index contributed by atoms with van der Waals surface area (Å²) in [4.78, 5) is 4.35. The summed E-state index contributed by atoms with van der Waals surface area (Å²) in [5.74, 6) is 0.497. The molecule has 16 heavy (non-hydrogen) atoms. The van der Waals surface area contributed by atoms with E-state index in [1.807, 2.05) is 12.1 Å². The quantitative estimate of drug-likeness (QED) is 0.875. The van der Waals surface area contributed by atoms with Gasteiger partial charge in [0.25, 0.3) is 0 Å². The van der Waals surface area contributed by atoms with Gasteiger partial charge in [-0.2, -0.15) is 0 Å². The van der Waals surface area contributed by atoms with Crippen LogP contribution in [0.5, 0.6) is 5.88 Å². The molecule has 2 unspecified atom stereocenters. The molecule has 0 aromatic carbocycles. The number of nitrogens with two attached hydrogens (primary N) is 1. The van der Waals surface area contributed by atoms with E-state index < -0.39 is 0 Å². The minimum atomic E-state index is 0.287. The highest BCUT2D eigenvalue weighted by atomic mass is 32.2. The molecule has 2 N–H and O–H groups in total. The van der Waals surface area contributed by atoms with Gasteiger partial charge in [-0.25, -0.2) is 4.98 Å². The first-order valence-electron chi connectivity index (χ1n) is 5.29. The van der Waals surface area contributed by atoms with E-state index in [-0.39, 0.29) is 6.10 Å². The maximum Gasteiger partial charge on any atom is 0.237 e. The van der Waals surface area contributed by atoms with Crippen molar-refractivity contribution in [1.82, 2.24) is 4.98 Å². The molecule has 1 aliphatic heterocycles. The summed E-state index contributed by atoms with van der Waals surface area (Å²) in [5, 5.41) is 1.41. The number of nitrogens with zero attached hydrogens (tertiary/aromatic N) is 1.